The molecule has 182 valence electrons. The molecule has 0 aromatic heterocycles. The Morgan fingerprint density at radius 1 is 0.656 bits per heavy atom. The molecule has 16 heteroatoms. The first-order valence-corrected chi connectivity index (χ1v) is 11.4. The number of carboxylic acid groups (broad SMARTS) is 4. The highest BCUT2D eigenvalue weighted by Gasteiger charge is 2.47. The van der Waals surface area contributed by atoms with Crippen LogP contribution in [0.1, 0.15) is 25.7 Å². The topological polar surface area (TPSA) is 287 Å². The molecular weight excluding hydrogens is 472 g/mol. The van der Waals surface area contributed by atoms with E-state index < -0.39 is 83.0 Å². The van der Waals surface area contributed by atoms with Crippen molar-refractivity contribution in [3.63, 3.8) is 0 Å². The summed E-state index contributed by atoms with van der Waals surface area (Å²) >= 11 is 0. The van der Waals surface area contributed by atoms with Gasteiger partial charge in [0.05, 0.1) is 12.1 Å². The monoisotopic (exact) mass is 498 g/mol. The standard InChI is InChI=1S/C16H26N4O10S2/c17-7(1-3-9(21)22)11(25)15(19,13(27)28)5-31-32-6-16(20,14(29)30)12(26)8(18)2-4-10(23)24/h7-8H,1-6,17-20H2,(H,21,22)(H,23,24)(H,27,28)(H,29,30)/t7-,8-,15+,16+/m0/s1. The average molecular weight is 499 g/mol. The molecule has 0 bridgehead atoms. The number of hydrogen-bond donors (Lipinski definition) is 8. The normalized spacial score (nSPS) is 16.8. The second-order valence-electron chi connectivity index (χ2n) is 6.88. The van der Waals surface area contributed by atoms with Crippen LogP contribution in [0, 0.1) is 0 Å². The molecule has 0 amide bonds. The summed E-state index contributed by atoms with van der Waals surface area (Å²) in [6.07, 6.45) is -1.65. The van der Waals surface area contributed by atoms with E-state index in [2.05, 4.69) is 0 Å². The summed E-state index contributed by atoms with van der Waals surface area (Å²) in [6, 6.07) is -2.92. The Morgan fingerprint density at radius 3 is 1.16 bits per heavy atom. The minimum atomic E-state index is -2.50. The summed E-state index contributed by atoms with van der Waals surface area (Å²) in [6.45, 7) is 0. The van der Waals surface area contributed by atoms with Crippen molar-refractivity contribution in [1.82, 2.24) is 0 Å². The van der Waals surface area contributed by atoms with E-state index in [4.69, 9.17) is 33.1 Å². The van der Waals surface area contributed by atoms with Crippen molar-refractivity contribution in [2.75, 3.05) is 11.5 Å². The molecule has 14 nitrogen and oxygen atoms in total. The van der Waals surface area contributed by atoms with E-state index in [9.17, 15) is 39.0 Å². The Balaban J connectivity index is 5.16. The van der Waals surface area contributed by atoms with Crippen molar-refractivity contribution in [2.24, 2.45) is 22.9 Å². The number of carbonyl (C=O) groups is 6. The van der Waals surface area contributed by atoms with Crippen molar-refractivity contribution in [3.8, 4) is 0 Å². The zero-order chi connectivity index (χ0) is 25.3. The molecule has 0 saturated carbocycles. The SMILES string of the molecule is N[C@@H](CCC(=O)O)C(=O)[C@](N)(CSSC[C@](N)(C(=O)O)C(=O)[C@@H](N)CCC(=O)O)C(=O)O. The summed E-state index contributed by atoms with van der Waals surface area (Å²) in [5.41, 5.74) is 17.5. The number of hydrogen-bond acceptors (Lipinski definition) is 12. The Hall–Kier alpha value is -2.24. The van der Waals surface area contributed by atoms with E-state index >= 15 is 0 Å². The van der Waals surface area contributed by atoms with Crippen LogP contribution in [0.2, 0.25) is 0 Å². The van der Waals surface area contributed by atoms with Gasteiger partial charge < -0.3 is 43.4 Å². The van der Waals surface area contributed by atoms with Gasteiger partial charge in [0.2, 0.25) is 0 Å². The Morgan fingerprint density at radius 2 is 0.938 bits per heavy atom. The predicted molar refractivity (Wildman–Crippen MR) is 114 cm³/mol. The summed E-state index contributed by atoms with van der Waals surface area (Å²) in [4.78, 5) is 69.0. The number of carbonyl (C=O) groups excluding carboxylic acids is 2. The third-order valence-corrected chi connectivity index (χ3v) is 6.83. The molecule has 0 saturated heterocycles. The molecule has 0 aromatic carbocycles. The van der Waals surface area contributed by atoms with Gasteiger partial charge in [-0.25, -0.2) is 9.59 Å². The molecule has 0 unspecified atom stereocenters. The lowest BCUT2D eigenvalue weighted by molar-refractivity contribution is -0.149. The highest BCUT2D eigenvalue weighted by Crippen LogP contribution is 2.30. The van der Waals surface area contributed by atoms with Gasteiger partial charge in [-0.1, -0.05) is 21.6 Å². The summed E-state index contributed by atoms with van der Waals surface area (Å²) in [7, 11) is 1.28. The molecular formula is C16H26N4O10S2. The van der Waals surface area contributed by atoms with E-state index in [1.54, 1.807) is 0 Å². The van der Waals surface area contributed by atoms with E-state index in [-0.39, 0.29) is 12.8 Å². The quantitative estimate of drug-likeness (QED) is 0.0581. The van der Waals surface area contributed by atoms with Crippen molar-refractivity contribution < 1.29 is 49.2 Å². The van der Waals surface area contributed by atoms with E-state index in [0.717, 1.165) is 0 Å². The smallest absolute Gasteiger partial charge is 0.332 e. The van der Waals surface area contributed by atoms with Crippen molar-refractivity contribution in [1.29, 1.82) is 0 Å². The third kappa shape index (κ3) is 8.36. The first-order valence-electron chi connectivity index (χ1n) is 8.92. The van der Waals surface area contributed by atoms with Crippen LogP contribution in [0.3, 0.4) is 0 Å². The van der Waals surface area contributed by atoms with Gasteiger partial charge in [-0.2, -0.15) is 0 Å². The second-order valence-corrected chi connectivity index (χ2v) is 9.35. The maximum absolute atomic E-state index is 12.4. The van der Waals surface area contributed by atoms with Crippen molar-refractivity contribution in [2.45, 2.75) is 48.8 Å². The maximum Gasteiger partial charge on any atom is 0.332 e. The molecule has 0 aliphatic heterocycles. The van der Waals surface area contributed by atoms with E-state index in [1.165, 1.54) is 0 Å². The minimum Gasteiger partial charge on any atom is -0.481 e. The molecule has 0 fully saturated rings. The Labute approximate surface area is 189 Å². The zero-order valence-electron chi connectivity index (χ0n) is 16.8. The van der Waals surface area contributed by atoms with Crippen LogP contribution >= 0.6 is 21.6 Å². The number of ketones is 2. The maximum atomic E-state index is 12.4. The van der Waals surface area contributed by atoms with Crippen LogP contribution in [0.25, 0.3) is 0 Å². The van der Waals surface area contributed by atoms with Crippen LogP contribution in [-0.2, 0) is 28.8 Å². The van der Waals surface area contributed by atoms with Gasteiger partial charge in [0.25, 0.3) is 0 Å². The van der Waals surface area contributed by atoms with Gasteiger partial charge in [-0.05, 0) is 12.8 Å². The second kappa shape index (κ2) is 12.7. The largest absolute Gasteiger partial charge is 0.481 e. The molecule has 0 spiro atoms. The van der Waals surface area contributed by atoms with Crippen molar-refractivity contribution >= 4 is 57.0 Å². The molecule has 0 radical (unpaired) electrons. The molecule has 0 aliphatic carbocycles. The van der Waals surface area contributed by atoms with E-state index in [1.807, 2.05) is 0 Å². The lowest BCUT2D eigenvalue weighted by atomic mass is 9.90. The van der Waals surface area contributed by atoms with Crippen LogP contribution in [0.5, 0.6) is 0 Å². The average Bonchev–Trinajstić information content (AvgIpc) is 2.71. The highest BCUT2D eigenvalue weighted by atomic mass is 33.1. The molecule has 4 atom stereocenters. The fourth-order valence-electron chi connectivity index (χ4n) is 2.23. The first-order chi connectivity index (χ1) is 14.6. The highest BCUT2D eigenvalue weighted by molar-refractivity contribution is 8.76. The predicted octanol–water partition coefficient (Wildman–Crippen LogP) is -2.55. The number of carboxylic acids is 4. The number of aliphatic carboxylic acids is 4. The van der Waals surface area contributed by atoms with Gasteiger partial charge in [-0.15, -0.1) is 0 Å². The molecule has 0 rings (SSSR count). The lowest BCUT2D eigenvalue weighted by Gasteiger charge is -2.27. The minimum absolute atomic E-state index is 0.341. The lowest BCUT2D eigenvalue weighted by Crippen LogP contribution is -2.62. The van der Waals surface area contributed by atoms with Gasteiger partial charge >= 0.3 is 23.9 Å². The van der Waals surface area contributed by atoms with Crippen LogP contribution in [-0.4, -0.2) is 90.5 Å². The fraction of sp³-hybridized carbons (Fsp3) is 0.625. The fourth-order valence-corrected chi connectivity index (χ4v) is 4.91. The number of Topliss-reactive ketones (excluding diaryl/α,β-unsaturated/α-hetero) is 2. The molecule has 0 aromatic rings. The molecule has 0 heterocycles. The molecule has 0 aliphatic rings. The van der Waals surface area contributed by atoms with Gasteiger partial charge in [0.1, 0.15) is 0 Å². The number of rotatable bonds is 17. The van der Waals surface area contributed by atoms with Crippen molar-refractivity contribution in [3.05, 3.63) is 0 Å². The number of nitrogens with two attached hydrogens (primary N) is 4. The molecule has 12 N–H and O–H groups in total. The Bertz CT molecular complexity index is 705. The van der Waals surface area contributed by atoms with Crippen LogP contribution in [0.4, 0.5) is 0 Å². The van der Waals surface area contributed by atoms with Crippen LogP contribution < -0.4 is 22.9 Å². The summed E-state index contributed by atoms with van der Waals surface area (Å²) in [5.74, 6) is -9.38. The molecule has 32 heavy (non-hydrogen) atoms. The first kappa shape index (κ1) is 29.8. The van der Waals surface area contributed by atoms with Gasteiger partial charge in [-0.3, -0.25) is 19.2 Å². The Kier molecular flexibility index (Phi) is 11.8. The van der Waals surface area contributed by atoms with E-state index in [0.29, 0.717) is 21.6 Å². The summed E-state index contributed by atoms with van der Waals surface area (Å²) in [5, 5.41) is 36.0. The van der Waals surface area contributed by atoms with Gasteiger partial charge in [0, 0.05) is 24.3 Å². The van der Waals surface area contributed by atoms with Crippen LogP contribution in [0.15, 0.2) is 0 Å². The third-order valence-electron chi connectivity index (χ3n) is 4.31. The van der Waals surface area contributed by atoms with Gasteiger partial charge in [0.15, 0.2) is 22.6 Å². The summed E-state index contributed by atoms with van der Waals surface area (Å²) < 4.78 is 0. The zero-order valence-corrected chi connectivity index (χ0v) is 18.4.